The fourth-order valence-electron chi connectivity index (χ4n) is 1.89. The van der Waals surface area contributed by atoms with E-state index in [9.17, 15) is 4.79 Å². The molecule has 1 aromatic heterocycles. The molecule has 0 bridgehead atoms. The van der Waals surface area contributed by atoms with Gasteiger partial charge in [0.15, 0.2) is 0 Å². The highest BCUT2D eigenvalue weighted by Gasteiger charge is 2.15. The van der Waals surface area contributed by atoms with Gasteiger partial charge in [0.25, 0.3) is 0 Å². The number of amides is 1. The molecule has 2 rings (SSSR count). The second-order valence-electron chi connectivity index (χ2n) is 4.20. The summed E-state index contributed by atoms with van der Waals surface area (Å²) >= 11 is 0. The first-order valence-corrected chi connectivity index (χ1v) is 5.73. The normalized spacial score (nSPS) is 17.2. The lowest BCUT2D eigenvalue weighted by Gasteiger charge is -2.19. The van der Waals surface area contributed by atoms with E-state index in [-0.39, 0.29) is 5.91 Å². The van der Waals surface area contributed by atoms with Gasteiger partial charge >= 0.3 is 0 Å². The predicted octanol–water partition coefficient (Wildman–Crippen LogP) is 0.0134. The second kappa shape index (κ2) is 5.12. The predicted molar refractivity (Wildman–Crippen MR) is 61.0 cm³/mol. The summed E-state index contributed by atoms with van der Waals surface area (Å²) in [4.78, 5) is 13.9. The second-order valence-corrected chi connectivity index (χ2v) is 4.20. The molecule has 0 saturated carbocycles. The largest absolute Gasteiger partial charge is 0.340 e. The van der Waals surface area contributed by atoms with Gasteiger partial charge in [-0.3, -0.25) is 9.48 Å². The average Bonchev–Trinajstić information content (AvgIpc) is 2.56. The molecule has 88 valence electrons. The zero-order chi connectivity index (χ0) is 11.4. The van der Waals surface area contributed by atoms with E-state index in [0.717, 1.165) is 38.2 Å². The van der Waals surface area contributed by atoms with Crippen molar-refractivity contribution >= 4 is 5.91 Å². The molecular weight excluding hydrogens is 204 g/mol. The van der Waals surface area contributed by atoms with Gasteiger partial charge in [0.1, 0.15) is 6.54 Å². The number of hydrogen-bond donors (Lipinski definition) is 1. The number of aryl methyl sites for hydroxylation is 1. The first-order valence-electron chi connectivity index (χ1n) is 5.73. The third-order valence-electron chi connectivity index (χ3n) is 2.75. The van der Waals surface area contributed by atoms with Gasteiger partial charge in [-0.2, -0.15) is 5.10 Å². The van der Waals surface area contributed by atoms with Gasteiger partial charge in [-0.05, 0) is 25.5 Å². The molecule has 16 heavy (non-hydrogen) atoms. The average molecular weight is 222 g/mol. The van der Waals surface area contributed by atoms with Gasteiger partial charge in [0.05, 0.1) is 6.20 Å². The summed E-state index contributed by atoms with van der Waals surface area (Å²) in [5.74, 6) is 0.159. The Morgan fingerprint density at radius 1 is 1.50 bits per heavy atom. The van der Waals surface area contributed by atoms with Crippen LogP contribution in [0.1, 0.15) is 12.0 Å². The van der Waals surface area contributed by atoms with E-state index < -0.39 is 0 Å². The molecular formula is C11H18N4O. The van der Waals surface area contributed by atoms with Crippen molar-refractivity contribution in [2.45, 2.75) is 19.9 Å². The lowest BCUT2D eigenvalue weighted by Crippen LogP contribution is -2.36. The summed E-state index contributed by atoms with van der Waals surface area (Å²) in [5.41, 5.74) is 1.09. The lowest BCUT2D eigenvalue weighted by atomic mass is 10.4. The van der Waals surface area contributed by atoms with Crippen LogP contribution in [-0.4, -0.2) is 46.8 Å². The van der Waals surface area contributed by atoms with Crippen molar-refractivity contribution in [3.63, 3.8) is 0 Å². The summed E-state index contributed by atoms with van der Waals surface area (Å²) in [6.07, 6.45) is 4.70. The number of carbonyl (C=O) groups excluding carboxylic acids is 1. The van der Waals surface area contributed by atoms with E-state index in [1.54, 1.807) is 10.9 Å². The summed E-state index contributed by atoms with van der Waals surface area (Å²) in [6, 6.07) is 0. The van der Waals surface area contributed by atoms with E-state index in [1.165, 1.54) is 0 Å². The summed E-state index contributed by atoms with van der Waals surface area (Å²) in [7, 11) is 0. The van der Waals surface area contributed by atoms with Crippen LogP contribution >= 0.6 is 0 Å². The Hall–Kier alpha value is -1.36. The Kier molecular flexibility index (Phi) is 3.56. The molecule has 1 aromatic rings. The highest BCUT2D eigenvalue weighted by molar-refractivity contribution is 5.75. The van der Waals surface area contributed by atoms with E-state index in [0.29, 0.717) is 6.54 Å². The van der Waals surface area contributed by atoms with Crippen LogP contribution in [0.4, 0.5) is 0 Å². The molecule has 1 aliphatic rings. The Balaban J connectivity index is 1.91. The van der Waals surface area contributed by atoms with Crippen LogP contribution in [0.5, 0.6) is 0 Å². The zero-order valence-corrected chi connectivity index (χ0v) is 9.65. The summed E-state index contributed by atoms with van der Waals surface area (Å²) in [6.45, 7) is 5.89. The monoisotopic (exact) mass is 222 g/mol. The van der Waals surface area contributed by atoms with Crippen molar-refractivity contribution in [1.29, 1.82) is 0 Å². The quantitative estimate of drug-likeness (QED) is 0.767. The van der Waals surface area contributed by atoms with Crippen LogP contribution in [0.15, 0.2) is 12.4 Å². The third-order valence-corrected chi connectivity index (χ3v) is 2.75. The smallest absolute Gasteiger partial charge is 0.244 e. The SMILES string of the molecule is Cc1cnn(CC(=O)N2CCCNCC2)c1. The van der Waals surface area contributed by atoms with Crippen molar-refractivity contribution in [3.8, 4) is 0 Å². The number of rotatable bonds is 2. The van der Waals surface area contributed by atoms with E-state index in [4.69, 9.17) is 0 Å². The molecule has 5 nitrogen and oxygen atoms in total. The number of carbonyl (C=O) groups is 1. The fourth-order valence-corrected chi connectivity index (χ4v) is 1.89. The van der Waals surface area contributed by atoms with Crippen molar-refractivity contribution in [2.24, 2.45) is 0 Å². The number of hydrogen-bond acceptors (Lipinski definition) is 3. The van der Waals surface area contributed by atoms with Crippen LogP contribution in [0.25, 0.3) is 0 Å². The summed E-state index contributed by atoms with van der Waals surface area (Å²) in [5, 5.41) is 7.41. The molecule has 0 atom stereocenters. The van der Waals surface area contributed by atoms with Gasteiger partial charge in [0.2, 0.25) is 5.91 Å². The highest BCUT2D eigenvalue weighted by Crippen LogP contribution is 2.00. The van der Waals surface area contributed by atoms with E-state index in [2.05, 4.69) is 10.4 Å². The Labute approximate surface area is 95.4 Å². The molecule has 1 amide bonds. The van der Waals surface area contributed by atoms with Crippen molar-refractivity contribution < 1.29 is 4.79 Å². The number of aromatic nitrogens is 2. The maximum Gasteiger partial charge on any atom is 0.244 e. The molecule has 0 unspecified atom stereocenters. The Bertz CT molecular complexity index is 353. The first-order chi connectivity index (χ1) is 7.75. The molecule has 0 aliphatic carbocycles. The molecule has 2 heterocycles. The topological polar surface area (TPSA) is 50.2 Å². The molecule has 1 fully saturated rings. The van der Waals surface area contributed by atoms with Crippen LogP contribution < -0.4 is 5.32 Å². The van der Waals surface area contributed by atoms with Gasteiger partial charge in [-0.15, -0.1) is 0 Å². The summed E-state index contributed by atoms with van der Waals surface area (Å²) < 4.78 is 1.70. The van der Waals surface area contributed by atoms with Crippen LogP contribution in [0.3, 0.4) is 0 Å². The fraction of sp³-hybridized carbons (Fsp3) is 0.636. The van der Waals surface area contributed by atoms with E-state index in [1.807, 2.05) is 18.0 Å². The molecule has 1 saturated heterocycles. The lowest BCUT2D eigenvalue weighted by molar-refractivity contribution is -0.131. The standard InChI is InChI=1S/C11H18N4O/c1-10-7-13-15(8-10)9-11(16)14-5-2-3-12-4-6-14/h7-8,12H,2-6,9H2,1H3. The zero-order valence-electron chi connectivity index (χ0n) is 9.65. The van der Waals surface area contributed by atoms with Gasteiger partial charge in [-0.25, -0.2) is 0 Å². The number of nitrogens with zero attached hydrogens (tertiary/aromatic N) is 3. The third kappa shape index (κ3) is 2.82. The molecule has 0 radical (unpaired) electrons. The van der Waals surface area contributed by atoms with Crippen LogP contribution in [-0.2, 0) is 11.3 Å². The minimum Gasteiger partial charge on any atom is -0.340 e. The van der Waals surface area contributed by atoms with Gasteiger partial charge in [-0.1, -0.05) is 0 Å². The molecule has 0 spiro atoms. The minimum atomic E-state index is 0.159. The first kappa shape index (κ1) is 11.1. The van der Waals surface area contributed by atoms with Crippen molar-refractivity contribution in [3.05, 3.63) is 18.0 Å². The van der Waals surface area contributed by atoms with Crippen LogP contribution in [0.2, 0.25) is 0 Å². The molecule has 1 aliphatic heterocycles. The van der Waals surface area contributed by atoms with Gasteiger partial charge < -0.3 is 10.2 Å². The van der Waals surface area contributed by atoms with Crippen molar-refractivity contribution in [2.75, 3.05) is 26.2 Å². The van der Waals surface area contributed by atoms with Crippen molar-refractivity contribution in [1.82, 2.24) is 20.0 Å². The molecule has 5 heteroatoms. The van der Waals surface area contributed by atoms with Gasteiger partial charge in [0, 0.05) is 25.8 Å². The Morgan fingerprint density at radius 2 is 2.38 bits per heavy atom. The minimum absolute atomic E-state index is 0.159. The number of nitrogens with one attached hydrogen (secondary N) is 1. The molecule has 0 aromatic carbocycles. The maximum atomic E-state index is 12.0. The maximum absolute atomic E-state index is 12.0. The molecule has 1 N–H and O–H groups in total. The van der Waals surface area contributed by atoms with Crippen LogP contribution in [0, 0.1) is 6.92 Å². The Morgan fingerprint density at radius 3 is 3.12 bits per heavy atom. The van der Waals surface area contributed by atoms with E-state index >= 15 is 0 Å². The highest BCUT2D eigenvalue weighted by atomic mass is 16.2.